The van der Waals surface area contributed by atoms with E-state index >= 15 is 0 Å². The first-order valence-corrected chi connectivity index (χ1v) is 6.08. The summed E-state index contributed by atoms with van der Waals surface area (Å²) in [7, 11) is 0. The number of rotatable bonds is 2. The Labute approximate surface area is 97.7 Å². The number of piperidine rings is 1. The Balaban J connectivity index is 2.08. The van der Waals surface area contributed by atoms with E-state index in [1.807, 2.05) is 13.8 Å². The molecule has 1 saturated heterocycles. The summed E-state index contributed by atoms with van der Waals surface area (Å²) in [4.78, 5) is 0. The minimum Gasteiger partial charge on any atom is -0.389 e. The summed E-state index contributed by atoms with van der Waals surface area (Å²) in [5, 5.41) is 13.5. The molecule has 2 rings (SSSR count). The highest BCUT2D eigenvalue weighted by atomic mass is 16.3. The van der Waals surface area contributed by atoms with Gasteiger partial charge in [0, 0.05) is 6.04 Å². The van der Waals surface area contributed by atoms with Crippen molar-refractivity contribution in [3.8, 4) is 0 Å². The third kappa shape index (κ3) is 2.63. The average molecular weight is 219 g/mol. The fourth-order valence-electron chi connectivity index (χ4n) is 2.48. The van der Waals surface area contributed by atoms with Crippen molar-refractivity contribution in [3.05, 3.63) is 35.9 Å². The highest BCUT2D eigenvalue weighted by Crippen LogP contribution is 2.30. The van der Waals surface area contributed by atoms with Crippen molar-refractivity contribution in [2.45, 2.75) is 44.2 Å². The van der Waals surface area contributed by atoms with Crippen molar-refractivity contribution in [1.82, 2.24) is 5.32 Å². The Morgan fingerprint density at radius 2 is 1.94 bits per heavy atom. The number of aliphatic hydroxyl groups is 1. The van der Waals surface area contributed by atoms with Gasteiger partial charge in [-0.15, -0.1) is 0 Å². The first kappa shape index (κ1) is 11.6. The summed E-state index contributed by atoms with van der Waals surface area (Å²) >= 11 is 0. The second kappa shape index (κ2) is 4.56. The van der Waals surface area contributed by atoms with E-state index in [0.717, 1.165) is 19.4 Å². The minimum absolute atomic E-state index is 0.200. The van der Waals surface area contributed by atoms with E-state index in [9.17, 15) is 5.11 Å². The minimum atomic E-state index is -0.631. The van der Waals surface area contributed by atoms with Crippen LogP contribution in [0.15, 0.2) is 30.3 Å². The molecule has 2 unspecified atom stereocenters. The molecule has 16 heavy (non-hydrogen) atoms. The maximum absolute atomic E-state index is 10.0. The van der Waals surface area contributed by atoms with Crippen molar-refractivity contribution in [3.63, 3.8) is 0 Å². The maximum atomic E-state index is 10.0. The molecule has 0 radical (unpaired) electrons. The van der Waals surface area contributed by atoms with Gasteiger partial charge in [-0.1, -0.05) is 30.3 Å². The molecule has 0 bridgehead atoms. The Hall–Kier alpha value is -0.860. The Morgan fingerprint density at radius 3 is 2.56 bits per heavy atom. The van der Waals surface area contributed by atoms with Crippen molar-refractivity contribution in [2.75, 3.05) is 6.54 Å². The molecule has 0 spiro atoms. The maximum Gasteiger partial charge on any atom is 0.0744 e. The second-order valence-electron chi connectivity index (χ2n) is 5.29. The molecule has 1 aliphatic rings. The summed E-state index contributed by atoms with van der Waals surface area (Å²) in [5.41, 5.74) is 0.770. The van der Waals surface area contributed by atoms with Gasteiger partial charge in [-0.25, -0.2) is 0 Å². The fourth-order valence-corrected chi connectivity index (χ4v) is 2.48. The van der Waals surface area contributed by atoms with E-state index in [2.05, 4.69) is 35.6 Å². The summed E-state index contributed by atoms with van der Waals surface area (Å²) in [5.74, 6) is 0.582. The normalized spacial score (nSPS) is 26.7. The zero-order valence-corrected chi connectivity index (χ0v) is 10.1. The molecule has 2 heteroatoms. The molecule has 2 N–H and O–H groups in total. The predicted molar refractivity (Wildman–Crippen MR) is 66.5 cm³/mol. The summed E-state index contributed by atoms with van der Waals surface area (Å²) in [6, 6.07) is 10.8. The molecule has 1 aliphatic heterocycles. The molecule has 0 aliphatic carbocycles. The molecular weight excluding hydrogens is 198 g/mol. The van der Waals surface area contributed by atoms with E-state index in [1.165, 1.54) is 5.56 Å². The summed E-state index contributed by atoms with van der Waals surface area (Å²) in [6.07, 6.45) is 2.18. The van der Waals surface area contributed by atoms with Gasteiger partial charge >= 0.3 is 0 Å². The van der Waals surface area contributed by atoms with Crippen molar-refractivity contribution >= 4 is 0 Å². The predicted octanol–water partition coefficient (Wildman–Crippen LogP) is 2.29. The molecule has 1 aromatic rings. The van der Waals surface area contributed by atoms with Crippen LogP contribution in [0, 0.1) is 0 Å². The topological polar surface area (TPSA) is 32.3 Å². The lowest BCUT2D eigenvalue weighted by atomic mass is 9.81. The Morgan fingerprint density at radius 1 is 1.25 bits per heavy atom. The van der Waals surface area contributed by atoms with Crippen molar-refractivity contribution in [2.24, 2.45) is 0 Å². The van der Waals surface area contributed by atoms with Gasteiger partial charge in [-0.05, 0) is 44.7 Å². The number of hydrogen-bond acceptors (Lipinski definition) is 2. The van der Waals surface area contributed by atoms with Crippen LogP contribution >= 0.6 is 0 Å². The quantitative estimate of drug-likeness (QED) is 0.800. The van der Waals surface area contributed by atoms with Crippen molar-refractivity contribution < 1.29 is 5.11 Å². The van der Waals surface area contributed by atoms with Gasteiger partial charge in [-0.3, -0.25) is 0 Å². The molecular formula is C14H21NO. The van der Waals surface area contributed by atoms with Gasteiger partial charge in [0.25, 0.3) is 0 Å². The molecule has 2 nitrogen and oxygen atoms in total. The first-order chi connectivity index (χ1) is 7.57. The Bertz CT molecular complexity index is 328. The molecule has 1 aromatic carbocycles. The SMILES string of the molecule is CC(C)(O)C1CC(c2ccccc2)CCN1. The van der Waals surface area contributed by atoms with E-state index in [-0.39, 0.29) is 6.04 Å². The van der Waals surface area contributed by atoms with E-state index in [4.69, 9.17) is 0 Å². The molecule has 0 amide bonds. The van der Waals surface area contributed by atoms with Crippen LogP contribution in [-0.4, -0.2) is 23.3 Å². The first-order valence-electron chi connectivity index (χ1n) is 6.08. The summed E-state index contributed by atoms with van der Waals surface area (Å²) in [6.45, 7) is 4.77. The van der Waals surface area contributed by atoms with Crippen LogP contribution < -0.4 is 5.32 Å². The number of hydrogen-bond donors (Lipinski definition) is 2. The molecule has 1 heterocycles. The number of nitrogens with one attached hydrogen (secondary N) is 1. The summed E-state index contributed by atoms with van der Waals surface area (Å²) < 4.78 is 0. The molecule has 88 valence electrons. The van der Waals surface area contributed by atoms with E-state index in [1.54, 1.807) is 0 Å². The van der Waals surface area contributed by atoms with Gasteiger partial charge in [0.05, 0.1) is 5.60 Å². The van der Waals surface area contributed by atoms with Crippen LogP contribution in [0.5, 0.6) is 0 Å². The lowest BCUT2D eigenvalue weighted by molar-refractivity contribution is 0.0244. The van der Waals surface area contributed by atoms with Crippen LogP contribution in [-0.2, 0) is 0 Å². The average Bonchev–Trinajstić information content (AvgIpc) is 2.29. The standard InChI is InChI=1S/C14H21NO/c1-14(2,16)13-10-12(8-9-15-13)11-6-4-3-5-7-11/h3-7,12-13,15-16H,8-10H2,1-2H3. The molecule has 0 saturated carbocycles. The fraction of sp³-hybridized carbons (Fsp3) is 0.571. The zero-order valence-electron chi connectivity index (χ0n) is 10.1. The molecule has 0 aromatic heterocycles. The second-order valence-corrected chi connectivity index (χ2v) is 5.29. The van der Waals surface area contributed by atoms with Gasteiger partial charge in [0.2, 0.25) is 0 Å². The van der Waals surface area contributed by atoms with Gasteiger partial charge in [0.15, 0.2) is 0 Å². The highest BCUT2D eigenvalue weighted by Gasteiger charge is 2.32. The van der Waals surface area contributed by atoms with Crippen LogP contribution in [0.25, 0.3) is 0 Å². The van der Waals surface area contributed by atoms with Crippen LogP contribution in [0.4, 0.5) is 0 Å². The molecule has 1 fully saturated rings. The van der Waals surface area contributed by atoms with E-state index in [0.29, 0.717) is 5.92 Å². The van der Waals surface area contributed by atoms with Crippen LogP contribution in [0.2, 0.25) is 0 Å². The zero-order chi connectivity index (χ0) is 11.6. The molecule has 2 atom stereocenters. The van der Waals surface area contributed by atoms with Crippen LogP contribution in [0.1, 0.15) is 38.2 Å². The van der Waals surface area contributed by atoms with Crippen molar-refractivity contribution in [1.29, 1.82) is 0 Å². The van der Waals surface area contributed by atoms with E-state index < -0.39 is 5.60 Å². The number of benzene rings is 1. The smallest absolute Gasteiger partial charge is 0.0744 e. The monoisotopic (exact) mass is 219 g/mol. The van der Waals surface area contributed by atoms with Crippen LogP contribution in [0.3, 0.4) is 0 Å². The third-order valence-electron chi connectivity index (χ3n) is 3.53. The van der Waals surface area contributed by atoms with Gasteiger partial charge in [-0.2, -0.15) is 0 Å². The third-order valence-corrected chi connectivity index (χ3v) is 3.53. The largest absolute Gasteiger partial charge is 0.389 e. The van der Waals surface area contributed by atoms with Gasteiger partial charge in [0.1, 0.15) is 0 Å². The Kier molecular flexibility index (Phi) is 3.31. The lowest BCUT2D eigenvalue weighted by Gasteiger charge is -2.37. The van der Waals surface area contributed by atoms with Gasteiger partial charge < -0.3 is 10.4 Å². The highest BCUT2D eigenvalue weighted by molar-refractivity contribution is 5.20. The lowest BCUT2D eigenvalue weighted by Crippen LogP contribution is -2.50.